The number of nitrogens with zero attached hydrogens (tertiary/aromatic N) is 2. The van der Waals surface area contributed by atoms with E-state index in [1.165, 1.54) is 19.3 Å². The van der Waals surface area contributed by atoms with Gasteiger partial charge in [0.15, 0.2) is 5.82 Å². The van der Waals surface area contributed by atoms with Crippen LogP contribution in [0.1, 0.15) is 37.9 Å². The Labute approximate surface area is 71.1 Å². The molecule has 1 aliphatic carbocycles. The molecule has 0 radical (unpaired) electrons. The first-order valence-corrected chi connectivity index (χ1v) is 4.36. The Morgan fingerprint density at radius 3 is 2.83 bits per heavy atom. The van der Waals surface area contributed by atoms with Crippen LogP contribution in [-0.2, 0) is 0 Å². The lowest BCUT2D eigenvalue weighted by Crippen LogP contribution is -2.03. The molecule has 12 heavy (non-hydrogen) atoms. The number of hydrogen-bond donors (Lipinski definition) is 1. The van der Waals surface area contributed by atoms with Gasteiger partial charge in [0.25, 0.3) is 0 Å². The molecule has 1 fully saturated rings. The second kappa shape index (κ2) is 2.77. The Kier molecular flexibility index (Phi) is 1.75. The van der Waals surface area contributed by atoms with Crippen molar-refractivity contribution in [1.82, 2.24) is 10.1 Å². The van der Waals surface area contributed by atoms with Crippen LogP contribution in [0.4, 0.5) is 6.01 Å². The molecule has 66 valence electrons. The first-order chi connectivity index (χ1) is 5.77. The van der Waals surface area contributed by atoms with Gasteiger partial charge in [-0.05, 0) is 18.8 Å². The van der Waals surface area contributed by atoms with Gasteiger partial charge in [-0.15, -0.1) is 0 Å². The Morgan fingerprint density at radius 1 is 1.50 bits per heavy atom. The molecule has 2 unspecified atom stereocenters. The molecule has 2 atom stereocenters. The molecule has 4 nitrogen and oxygen atoms in total. The predicted octanol–water partition coefficient (Wildman–Crippen LogP) is 1.56. The van der Waals surface area contributed by atoms with E-state index in [-0.39, 0.29) is 6.01 Å². The van der Waals surface area contributed by atoms with Crippen LogP contribution in [0, 0.1) is 5.92 Å². The molecule has 1 aromatic heterocycles. The van der Waals surface area contributed by atoms with Crippen LogP contribution in [-0.4, -0.2) is 10.1 Å². The average molecular weight is 167 g/mol. The minimum Gasteiger partial charge on any atom is -0.351 e. The summed E-state index contributed by atoms with van der Waals surface area (Å²) in [7, 11) is 0. The molecule has 0 aromatic carbocycles. The molecule has 1 aromatic rings. The minimum atomic E-state index is 0.184. The first kappa shape index (κ1) is 7.58. The molecule has 2 N–H and O–H groups in total. The van der Waals surface area contributed by atoms with Crippen LogP contribution in [0.3, 0.4) is 0 Å². The number of hydrogen-bond acceptors (Lipinski definition) is 4. The summed E-state index contributed by atoms with van der Waals surface area (Å²) >= 11 is 0. The van der Waals surface area contributed by atoms with Crippen LogP contribution >= 0.6 is 0 Å². The van der Waals surface area contributed by atoms with Gasteiger partial charge in [-0.1, -0.05) is 18.5 Å². The Morgan fingerprint density at radius 2 is 2.33 bits per heavy atom. The third-order valence-corrected chi connectivity index (χ3v) is 2.65. The van der Waals surface area contributed by atoms with Crippen LogP contribution in [0.5, 0.6) is 0 Å². The molecule has 1 saturated carbocycles. The maximum atomic E-state index is 5.35. The zero-order valence-corrected chi connectivity index (χ0v) is 7.16. The topological polar surface area (TPSA) is 64.9 Å². The molecule has 1 heterocycles. The van der Waals surface area contributed by atoms with Crippen molar-refractivity contribution in [1.29, 1.82) is 0 Å². The van der Waals surface area contributed by atoms with Crippen LogP contribution in [0.25, 0.3) is 0 Å². The highest BCUT2D eigenvalue weighted by molar-refractivity contribution is 5.11. The lowest BCUT2D eigenvalue weighted by molar-refractivity contribution is 0.407. The van der Waals surface area contributed by atoms with Crippen molar-refractivity contribution in [2.75, 3.05) is 5.73 Å². The van der Waals surface area contributed by atoms with E-state index in [4.69, 9.17) is 10.3 Å². The number of nitrogens with two attached hydrogens (primary N) is 1. The fourth-order valence-corrected chi connectivity index (χ4v) is 1.93. The lowest BCUT2D eigenvalue weighted by atomic mass is 9.98. The van der Waals surface area contributed by atoms with Gasteiger partial charge < -0.3 is 10.3 Å². The maximum Gasteiger partial charge on any atom is 0.318 e. The molecule has 0 spiro atoms. The van der Waals surface area contributed by atoms with Crippen molar-refractivity contribution in [2.24, 2.45) is 5.92 Å². The Bertz CT molecular complexity index is 271. The minimum absolute atomic E-state index is 0.184. The maximum absolute atomic E-state index is 5.35. The third kappa shape index (κ3) is 1.17. The van der Waals surface area contributed by atoms with E-state index in [1.54, 1.807) is 0 Å². The molecule has 0 saturated heterocycles. The van der Waals surface area contributed by atoms with E-state index >= 15 is 0 Å². The molecule has 0 aliphatic heterocycles. The van der Waals surface area contributed by atoms with Gasteiger partial charge in [0.05, 0.1) is 0 Å². The summed E-state index contributed by atoms with van der Waals surface area (Å²) in [5.74, 6) is 1.92. The van der Waals surface area contributed by atoms with Gasteiger partial charge in [-0.2, -0.15) is 4.98 Å². The monoisotopic (exact) mass is 167 g/mol. The van der Waals surface area contributed by atoms with Crippen molar-refractivity contribution < 1.29 is 4.52 Å². The van der Waals surface area contributed by atoms with Crippen molar-refractivity contribution >= 4 is 6.01 Å². The quantitative estimate of drug-likeness (QED) is 0.689. The van der Waals surface area contributed by atoms with Crippen molar-refractivity contribution in [2.45, 2.75) is 32.1 Å². The zero-order chi connectivity index (χ0) is 8.55. The summed E-state index contributed by atoms with van der Waals surface area (Å²) in [6.45, 7) is 2.23. The van der Waals surface area contributed by atoms with Crippen molar-refractivity contribution in [3.63, 3.8) is 0 Å². The average Bonchev–Trinajstić information content (AvgIpc) is 2.58. The van der Waals surface area contributed by atoms with Crippen LogP contribution < -0.4 is 5.73 Å². The van der Waals surface area contributed by atoms with Gasteiger partial charge >= 0.3 is 6.01 Å². The molecule has 2 rings (SSSR count). The van der Waals surface area contributed by atoms with E-state index in [9.17, 15) is 0 Å². The largest absolute Gasteiger partial charge is 0.351 e. The summed E-state index contributed by atoms with van der Waals surface area (Å²) < 4.78 is 4.74. The normalized spacial score (nSPS) is 29.4. The first-order valence-electron chi connectivity index (χ1n) is 4.36. The molecular weight excluding hydrogens is 154 g/mol. The van der Waals surface area contributed by atoms with Crippen molar-refractivity contribution in [3.05, 3.63) is 5.82 Å². The molecule has 0 bridgehead atoms. The Hall–Kier alpha value is -1.06. The summed E-state index contributed by atoms with van der Waals surface area (Å²) in [6, 6.07) is 0.184. The number of rotatable bonds is 1. The van der Waals surface area contributed by atoms with E-state index in [1.807, 2.05) is 0 Å². The second-order valence-electron chi connectivity index (χ2n) is 3.51. The molecule has 1 aliphatic rings. The summed E-state index contributed by atoms with van der Waals surface area (Å²) in [5.41, 5.74) is 5.35. The molecular formula is C8H13N3O. The van der Waals surface area contributed by atoms with Gasteiger partial charge in [0.2, 0.25) is 0 Å². The molecule has 4 heteroatoms. The summed E-state index contributed by atoms with van der Waals surface area (Å²) in [5, 5.41) is 3.84. The molecule has 0 amide bonds. The fourth-order valence-electron chi connectivity index (χ4n) is 1.93. The highest BCUT2D eigenvalue weighted by Crippen LogP contribution is 2.37. The van der Waals surface area contributed by atoms with Crippen LogP contribution in [0.2, 0.25) is 0 Å². The van der Waals surface area contributed by atoms with E-state index < -0.39 is 0 Å². The van der Waals surface area contributed by atoms with E-state index in [0.29, 0.717) is 11.8 Å². The second-order valence-corrected chi connectivity index (χ2v) is 3.51. The summed E-state index contributed by atoms with van der Waals surface area (Å²) in [6.07, 6.45) is 3.69. The van der Waals surface area contributed by atoms with Crippen LogP contribution in [0.15, 0.2) is 4.52 Å². The predicted molar refractivity (Wildman–Crippen MR) is 44.5 cm³/mol. The number of anilines is 1. The van der Waals surface area contributed by atoms with E-state index in [2.05, 4.69) is 17.1 Å². The van der Waals surface area contributed by atoms with Crippen molar-refractivity contribution in [3.8, 4) is 0 Å². The van der Waals surface area contributed by atoms with E-state index in [0.717, 1.165) is 5.82 Å². The lowest BCUT2D eigenvalue weighted by Gasteiger charge is -2.08. The van der Waals surface area contributed by atoms with Gasteiger partial charge in [-0.3, -0.25) is 0 Å². The highest BCUT2D eigenvalue weighted by Gasteiger charge is 2.28. The number of aromatic nitrogens is 2. The standard InChI is InChI=1S/C8H13N3O/c1-5-3-2-4-6(5)7-10-8(9)12-11-7/h5-6H,2-4H2,1H3,(H2,9,10,11). The SMILES string of the molecule is CC1CCCC1c1noc(N)n1. The number of nitrogen functional groups attached to an aromatic ring is 1. The van der Waals surface area contributed by atoms with Gasteiger partial charge in [0, 0.05) is 5.92 Å². The fraction of sp³-hybridized carbons (Fsp3) is 0.750. The third-order valence-electron chi connectivity index (χ3n) is 2.65. The Balaban J connectivity index is 2.19. The van der Waals surface area contributed by atoms with Gasteiger partial charge in [-0.25, -0.2) is 0 Å². The zero-order valence-electron chi connectivity index (χ0n) is 7.16. The highest BCUT2D eigenvalue weighted by atomic mass is 16.5. The van der Waals surface area contributed by atoms with Gasteiger partial charge in [0.1, 0.15) is 0 Å². The smallest absolute Gasteiger partial charge is 0.318 e. The summed E-state index contributed by atoms with van der Waals surface area (Å²) in [4.78, 5) is 4.04.